The molecule has 1 saturated carbocycles. The lowest BCUT2D eigenvalue weighted by Gasteiger charge is -2.51. The molecule has 2 aliphatic rings. The predicted molar refractivity (Wildman–Crippen MR) is 79.0 cm³/mol. The topological polar surface area (TPSA) is 40.5 Å². The Kier molecular flexibility index (Phi) is 3.80. The molecule has 0 amide bonds. The molecule has 0 unspecified atom stereocenters. The Morgan fingerprint density at radius 2 is 1.78 bits per heavy atom. The maximum absolute atomic E-state index is 13.5. The molecule has 6 heteroatoms. The van der Waals surface area contributed by atoms with E-state index in [4.69, 9.17) is 0 Å². The minimum atomic E-state index is -4.82. The van der Waals surface area contributed by atoms with Crippen LogP contribution in [-0.2, 0) is 4.79 Å². The van der Waals surface area contributed by atoms with Crippen LogP contribution in [0.4, 0.5) is 13.2 Å². The van der Waals surface area contributed by atoms with Crippen LogP contribution >= 0.6 is 0 Å². The number of piperidine rings is 1. The number of aryl methyl sites for hydroxylation is 1. The summed E-state index contributed by atoms with van der Waals surface area (Å²) in [6.07, 6.45) is -5.27. The summed E-state index contributed by atoms with van der Waals surface area (Å²) >= 11 is 0. The fraction of sp³-hybridized carbons (Fsp3) is 0.588. The average Bonchev–Trinajstić information content (AvgIpc) is 2.45. The maximum atomic E-state index is 13.5. The van der Waals surface area contributed by atoms with E-state index >= 15 is 0 Å². The lowest BCUT2D eigenvalue weighted by Crippen LogP contribution is -2.66. The highest BCUT2D eigenvalue weighted by Crippen LogP contribution is 2.52. The molecule has 1 aliphatic heterocycles. The second-order valence-electron chi connectivity index (χ2n) is 6.93. The molecule has 0 aromatic heterocycles. The van der Waals surface area contributed by atoms with Crippen LogP contribution < -0.4 is 0 Å². The Balaban J connectivity index is 2.06. The van der Waals surface area contributed by atoms with Gasteiger partial charge >= 0.3 is 6.18 Å². The summed E-state index contributed by atoms with van der Waals surface area (Å²) in [5.74, 6) is -2.97. The van der Waals surface area contributed by atoms with Gasteiger partial charge in [-0.1, -0.05) is 29.8 Å². The molecule has 1 heterocycles. The van der Waals surface area contributed by atoms with E-state index in [1.165, 1.54) is 0 Å². The van der Waals surface area contributed by atoms with Crippen LogP contribution in [0.5, 0.6) is 0 Å². The third kappa shape index (κ3) is 2.58. The molecule has 2 fully saturated rings. The van der Waals surface area contributed by atoms with Crippen molar-refractivity contribution in [1.29, 1.82) is 0 Å². The molecule has 1 N–H and O–H groups in total. The van der Waals surface area contributed by atoms with Crippen molar-refractivity contribution >= 4 is 5.78 Å². The number of nitrogens with zero attached hydrogens (tertiary/aromatic N) is 1. The highest BCUT2D eigenvalue weighted by molar-refractivity contribution is 5.88. The number of ketones is 1. The number of rotatable bonds is 1. The van der Waals surface area contributed by atoms with E-state index in [1.54, 1.807) is 24.1 Å². The van der Waals surface area contributed by atoms with Crippen LogP contribution in [0.15, 0.2) is 24.3 Å². The first-order valence-electron chi connectivity index (χ1n) is 7.71. The zero-order valence-corrected chi connectivity index (χ0v) is 13.1. The minimum Gasteiger partial charge on any atom is -0.380 e. The number of fused-ring (bicyclic) bond motifs is 2. The van der Waals surface area contributed by atoms with E-state index in [2.05, 4.69) is 0 Å². The van der Waals surface area contributed by atoms with Crippen LogP contribution in [0.1, 0.15) is 23.5 Å². The van der Waals surface area contributed by atoms with Crippen molar-refractivity contribution in [2.75, 3.05) is 20.1 Å². The van der Waals surface area contributed by atoms with Gasteiger partial charge in [0.1, 0.15) is 5.78 Å². The molecule has 1 saturated heterocycles. The summed E-state index contributed by atoms with van der Waals surface area (Å²) in [7, 11) is 1.70. The molecule has 1 aromatic rings. The van der Waals surface area contributed by atoms with Gasteiger partial charge in [0.25, 0.3) is 0 Å². The van der Waals surface area contributed by atoms with Crippen LogP contribution in [0.3, 0.4) is 0 Å². The molecule has 3 nitrogen and oxygen atoms in total. The summed E-state index contributed by atoms with van der Waals surface area (Å²) in [5.41, 5.74) is -1.27. The third-order valence-electron chi connectivity index (χ3n) is 5.30. The Hall–Kier alpha value is -1.40. The van der Waals surface area contributed by atoms with Crippen LogP contribution in [0.25, 0.3) is 0 Å². The van der Waals surface area contributed by atoms with Crippen LogP contribution in [0, 0.1) is 18.8 Å². The summed E-state index contributed by atoms with van der Waals surface area (Å²) in [6.45, 7) is 2.28. The first-order chi connectivity index (χ1) is 10.6. The highest BCUT2D eigenvalue weighted by atomic mass is 19.4. The fourth-order valence-electron chi connectivity index (χ4n) is 3.97. The lowest BCUT2D eigenvalue weighted by molar-refractivity contribution is -0.291. The lowest BCUT2D eigenvalue weighted by atomic mass is 9.60. The van der Waals surface area contributed by atoms with Crippen molar-refractivity contribution in [1.82, 2.24) is 4.90 Å². The van der Waals surface area contributed by atoms with Crippen LogP contribution in [-0.4, -0.2) is 47.7 Å². The van der Waals surface area contributed by atoms with E-state index in [0.717, 1.165) is 5.56 Å². The van der Waals surface area contributed by atoms with Gasteiger partial charge in [0, 0.05) is 19.0 Å². The number of hydrogen-bond acceptors (Lipinski definition) is 3. The Morgan fingerprint density at radius 1 is 1.17 bits per heavy atom. The Bertz CT molecular complexity index is 613. The number of Topliss-reactive ketones (excluding diaryl/α,β-unsaturated/α-hetero) is 1. The quantitative estimate of drug-likeness (QED) is 0.862. The van der Waals surface area contributed by atoms with Crippen molar-refractivity contribution in [2.24, 2.45) is 11.8 Å². The van der Waals surface area contributed by atoms with Crippen molar-refractivity contribution in [2.45, 2.75) is 31.0 Å². The number of likely N-dealkylation sites (tertiary alicyclic amines) is 1. The van der Waals surface area contributed by atoms with Gasteiger partial charge in [-0.15, -0.1) is 0 Å². The Labute approximate surface area is 133 Å². The van der Waals surface area contributed by atoms with Gasteiger partial charge in [-0.2, -0.15) is 13.2 Å². The monoisotopic (exact) mass is 327 g/mol. The SMILES string of the molecule is Cc1ccc([C@@H]2C[C@@](O)(C(F)(F)F)[C@H]3CN(C)C[C@@H]2C3=O)cc1. The highest BCUT2D eigenvalue weighted by Gasteiger charge is 2.66. The molecular formula is C17H20F3NO2. The van der Waals surface area contributed by atoms with Gasteiger partial charge in [0.2, 0.25) is 0 Å². The fourth-order valence-corrected chi connectivity index (χ4v) is 3.97. The second-order valence-corrected chi connectivity index (χ2v) is 6.93. The molecule has 126 valence electrons. The van der Waals surface area contributed by atoms with Gasteiger partial charge < -0.3 is 10.0 Å². The normalized spacial score (nSPS) is 35.4. The first-order valence-corrected chi connectivity index (χ1v) is 7.71. The molecule has 4 atom stereocenters. The average molecular weight is 327 g/mol. The van der Waals surface area contributed by atoms with E-state index in [9.17, 15) is 23.1 Å². The predicted octanol–water partition coefficient (Wildman–Crippen LogP) is 2.52. The van der Waals surface area contributed by atoms with Crippen molar-refractivity contribution in [3.63, 3.8) is 0 Å². The summed E-state index contributed by atoms with van der Waals surface area (Å²) < 4.78 is 40.6. The number of hydrogen-bond donors (Lipinski definition) is 1. The molecule has 1 aliphatic carbocycles. The summed E-state index contributed by atoms with van der Waals surface area (Å²) in [4.78, 5) is 14.3. The van der Waals surface area contributed by atoms with Crippen molar-refractivity contribution in [3.8, 4) is 0 Å². The number of halogens is 3. The number of carbonyl (C=O) groups excluding carboxylic acids is 1. The van der Waals surface area contributed by atoms with Crippen molar-refractivity contribution in [3.05, 3.63) is 35.4 Å². The number of aliphatic hydroxyl groups is 1. The zero-order valence-electron chi connectivity index (χ0n) is 13.1. The second kappa shape index (κ2) is 5.31. The van der Waals surface area contributed by atoms with E-state index in [1.807, 2.05) is 19.1 Å². The number of alkyl halides is 3. The van der Waals surface area contributed by atoms with Crippen LogP contribution in [0.2, 0.25) is 0 Å². The minimum absolute atomic E-state index is 0.0496. The molecule has 3 rings (SSSR count). The van der Waals surface area contributed by atoms with E-state index < -0.39 is 41.7 Å². The van der Waals surface area contributed by atoms with E-state index in [0.29, 0.717) is 12.1 Å². The number of benzene rings is 1. The first kappa shape index (κ1) is 16.5. The summed E-state index contributed by atoms with van der Waals surface area (Å²) in [5, 5.41) is 10.4. The van der Waals surface area contributed by atoms with Crippen molar-refractivity contribution < 1.29 is 23.1 Å². The molecule has 0 radical (unpaired) electrons. The van der Waals surface area contributed by atoms with Gasteiger partial charge in [0.15, 0.2) is 5.60 Å². The molecule has 1 aromatic carbocycles. The van der Waals surface area contributed by atoms with Gasteiger partial charge in [0.05, 0.1) is 5.92 Å². The summed E-state index contributed by atoms with van der Waals surface area (Å²) in [6, 6.07) is 7.17. The zero-order chi connectivity index (χ0) is 17.0. The smallest absolute Gasteiger partial charge is 0.380 e. The third-order valence-corrected chi connectivity index (χ3v) is 5.30. The maximum Gasteiger partial charge on any atom is 0.417 e. The molecule has 0 spiro atoms. The molecule has 2 bridgehead atoms. The standard InChI is InChI=1S/C17H20F3NO2/c1-10-3-5-11(6-4-10)12-7-16(23,17(18,19)20)14-9-21(2)8-13(12)15(14)22/h3-6,12-14,23H,7-9H2,1-2H3/t12-,13-,14-,16-/m0/s1. The van der Waals surface area contributed by atoms with E-state index in [-0.39, 0.29) is 6.54 Å². The molecule has 23 heavy (non-hydrogen) atoms. The van der Waals surface area contributed by atoms with Gasteiger partial charge in [-0.3, -0.25) is 4.79 Å². The Morgan fingerprint density at radius 3 is 2.35 bits per heavy atom. The van der Waals surface area contributed by atoms with Gasteiger partial charge in [-0.25, -0.2) is 0 Å². The molecular weight excluding hydrogens is 307 g/mol. The largest absolute Gasteiger partial charge is 0.417 e. The number of carbonyl (C=O) groups is 1. The van der Waals surface area contributed by atoms with Gasteiger partial charge in [-0.05, 0) is 31.9 Å².